The second-order valence-electron chi connectivity index (χ2n) is 5.59. The molecule has 0 spiro atoms. The third-order valence-electron chi connectivity index (χ3n) is 4.16. The van der Waals surface area contributed by atoms with Crippen molar-refractivity contribution in [3.8, 4) is 39.9 Å². The molecule has 0 aliphatic carbocycles. The van der Waals surface area contributed by atoms with Crippen LogP contribution in [0.3, 0.4) is 0 Å². The van der Waals surface area contributed by atoms with Crippen LogP contribution in [0.25, 0.3) is 16.9 Å². The molecule has 1 N–H and O–H groups in total. The highest BCUT2D eigenvalue weighted by molar-refractivity contribution is 5.76. The number of phenols is 1. The van der Waals surface area contributed by atoms with Crippen molar-refractivity contribution in [1.82, 2.24) is 4.57 Å². The fourth-order valence-corrected chi connectivity index (χ4v) is 3.00. The number of ether oxygens (including phenoxy) is 3. The second kappa shape index (κ2) is 6.81. The highest BCUT2D eigenvalue weighted by atomic mass is 16.5. The predicted octanol–water partition coefficient (Wildman–Crippen LogP) is 4.18. The molecule has 0 unspecified atom stereocenters. The molecule has 0 saturated heterocycles. The van der Waals surface area contributed by atoms with Gasteiger partial charge in [-0.25, -0.2) is 0 Å². The lowest BCUT2D eigenvalue weighted by molar-refractivity contribution is 0.325. The first-order chi connectivity index (χ1) is 12.1. The van der Waals surface area contributed by atoms with E-state index in [1.54, 1.807) is 33.5 Å². The first-order valence-corrected chi connectivity index (χ1v) is 7.87. The molecule has 0 bridgehead atoms. The Kier molecular flexibility index (Phi) is 4.57. The number of aromatic nitrogens is 1. The molecule has 0 radical (unpaired) electrons. The van der Waals surface area contributed by atoms with Gasteiger partial charge in [-0.3, -0.25) is 0 Å². The number of hydrogen-bond acceptors (Lipinski definition) is 4. The van der Waals surface area contributed by atoms with E-state index < -0.39 is 0 Å². The lowest BCUT2D eigenvalue weighted by atomic mass is 10.1. The van der Waals surface area contributed by atoms with Gasteiger partial charge in [-0.05, 0) is 55.5 Å². The maximum atomic E-state index is 9.56. The summed E-state index contributed by atoms with van der Waals surface area (Å²) >= 11 is 0. The van der Waals surface area contributed by atoms with E-state index in [4.69, 9.17) is 14.2 Å². The molecule has 1 aromatic heterocycles. The van der Waals surface area contributed by atoms with Gasteiger partial charge in [0.25, 0.3) is 0 Å². The van der Waals surface area contributed by atoms with Crippen molar-refractivity contribution in [2.24, 2.45) is 0 Å². The van der Waals surface area contributed by atoms with Crippen LogP contribution in [0.2, 0.25) is 0 Å². The Hall–Kier alpha value is -3.08. The highest BCUT2D eigenvalue weighted by Crippen LogP contribution is 2.45. The fourth-order valence-electron chi connectivity index (χ4n) is 3.00. The molecular formula is C20H21NO4. The molecule has 2 aromatic carbocycles. The molecule has 3 aromatic rings. The summed E-state index contributed by atoms with van der Waals surface area (Å²) in [6.45, 7) is 2.03. The second-order valence-corrected chi connectivity index (χ2v) is 5.59. The highest BCUT2D eigenvalue weighted by Gasteiger charge is 2.20. The minimum atomic E-state index is 0.235. The average Bonchev–Trinajstić information content (AvgIpc) is 3.02. The predicted molar refractivity (Wildman–Crippen MR) is 97.3 cm³/mol. The maximum Gasteiger partial charge on any atom is 0.203 e. The Labute approximate surface area is 147 Å². The van der Waals surface area contributed by atoms with Gasteiger partial charge in [0, 0.05) is 16.9 Å². The topological polar surface area (TPSA) is 52.9 Å². The van der Waals surface area contributed by atoms with Crippen molar-refractivity contribution in [1.29, 1.82) is 0 Å². The van der Waals surface area contributed by atoms with E-state index in [-0.39, 0.29) is 5.75 Å². The molecule has 0 aliphatic heterocycles. The van der Waals surface area contributed by atoms with E-state index in [9.17, 15) is 5.11 Å². The van der Waals surface area contributed by atoms with Crippen molar-refractivity contribution in [2.45, 2.75) is 6.92 Å². The Bertz CT molecular complexity index is 881. The molecule has 0 fully saturated rings. The minimum absolute atomic E-state index is 0.235. The fraction of sp³-hybridized carbons (Fsp3) is 0.200. The monoisotopic (exact) mass is 339 g/mol. The summed E-state index contributed by atoms with van der Waals surface area (Å²) < 4.78 is 18.6. The third kappa shape index (κ3) is 2.89. The number of aryl methyl sites for hydroxylation is 1. The zero-order chi connectivity index (χ0) is 18.0. The van der Waals surface area contributed by atoms with E-state index in [0.29, 0.717) is 17.2 Å². The maximum absolute atomic E-state index is 9.56. The van der Waals surface area contributed by atoms with Crippen LogP contribution in [0.1, 0.15) is 5.69 Å². The summed E-state index contributed by atoms with van der Waals surface area (Å²) in [7, 11) is 4.80. The molecular weight excluding hydrogens is 318 g/mol. The molecule has 5 heteroatoms. The number of aromatic hydroxyl groups is 1. The lowest BCUT2D eigenvalue weighted by Crippen LogP contribution is -2.02. The number of benzene rings is 2. The van der Waals surface area contributed by atoms with E-state index in [0.717, 1.165) is 22.6 Å². The van der Waals surface area contributed by atoms with E-state index in [1.807, 2.05) is 43.3 Å². The van der Waals surface area contributed by atoms with Gasteiger partial charge >= 0.3 is 0 Å². The summed E-state index contributed by atoms with van der Waals surface area (Å²) in [5.74, 6) is 2.01. The van der Waals surface area contributed by atoms with E-state index in [1.165, 1.54) is 0 Å². The molecule has 0 saturated carbocycles. The third-order valence-corrected chi connectivity index (χ3v) is 4.16. The van der Waals surface area contributed by atoms with Gasteiger partial charge in [0.15, 0.2) is 11.5 Å². The van der Waals surface area contributed by atoms with Crippen LogP contribution in [0.4, 0.5) is 0 Å². The first-order valence-electron chi connectivity index (χ1n) is 7.87. The summed E-state index contributed by atoms with van der Waals surface area (Å²) in [4.78, 5) is 0. The van der Waals surface area contributed by atoms with Crippen molar-refractivity contribution in [3.63, 3.8) is 0 Å². The molecule has 3 rings (SSSR count). The van der Waals surface area contributed by atoms with E-state index >= 15 is 0 Å². The SMILES string of the molecule is COc1ccc(-c2ccc(C)n2-c2ccc(O)cc2)c(OC)c1OC. The molecule has 5 nitrogen and oxygen atoms in total. The molecule has 130 valence electrons. The van der Waals surface area contributed by atoms with Gasteiger partial charge in [-0.2, -0.15) is 0 Å². The van der Waals surface area contributed by atoms with Gasteiger partial charge in [-0.15, -0.1) is 0 Å². The Balaban J connectivity index is 2.23. The lowest BCUT2D eigenvalue weighted by Gasteiger charge is -2.18. The van der Waals surface area contributed by atoms with Gasteiger partial charge in [0.1, 0.15) is 5.75 Å². The normalized spacial score (nSPS) is 10.6. The summed E-state index contributed by atoms with van der Waals surface area (Å²) in [6, 6.07) is 15.0. The van der Waals surface area contributed by atoms with Crippen LogP contribution < -0.4 is 14.2 Å². The first kappa shape index (κ1) is 16.8. The zero-order valence-corrected chi connectivity index (χ0v) is 14.7. The molecule has 0 atom stereocenters. The van der Waals surface area contributed by atoms with Crippen LogP contribution in [0.15, 0.2) is 48.5 Å². The van der Waals surface area contributed by atoms with Gasteiger partial charge in [0.05, 0.1) is 27.0 Å². The number of rotatable bonds is 5. The number of nitrogens with zero attached hydrogens (tertiary/aromatic N) is 1. The van der Waals surface area contributed by atoms with Crippen LogP contribution in [0.5, 0.6) is 23.0 Å². The van der Waals surface area contributed by atoms with Crippen molar-refractivity contribution in [3.05, 3.63) is 54.2 Å². The molecule has 1 heterocycles. The zero-order valence-electron chi connectivity index (χ0n) is 14.7. The van der Waals surface area contributed by atoms with Gasteiger partial charge in [0.2, 0.25) is 5.75 Å². The van der Waals surface area contributed by atoms with Crippen LogP contribution in [-0.4, -0.2) is 31.0 Å². The Morgan fingerprint density at radius 3 is 2.04 bits per heavy atom. The molecule has 0 amide bonds. The number of phenolic OH excluding ortho intramolecular Hbond substituents is 1. The average molecular weight is 339 g/mol. The summed E-state index contributed by atoms with van der Waals surface area (Å²) in [5, 5.41) is 9.56. The van der Waals surface area contributed by atoms with Crippen LogP contribution in [0, 0.1) is 6.92 Å². The van der Waals surface area contributed by atoms with Crippen LogP contribution in [-0.2, 0) is 0 Å². The molecule has 0 aliphatic rings. The van der Waals surface area contributed by atoms with Gasteiger partial charge < -0.3 is 23.9 Å². The standard InChI is InChI=1S/C20H21NO4/c1-13-5-11-17(21(13)14-6-8-15(22)9-7-14)16-10-12-18(23-2)20(25-4)19(16)24-3/h5-12,22H,1-4H3. The Morgan fingerprint density at radius 1 is 0.760 bits per heavy atom. The van der Waals surface area contributed by atoms with E-state index in [2.05, 4.69) is 4.57 Å². The number of methoxy groups -OCH3 is 3. The Morgan fingerprint density at radius 2 is 1.44 bits per heavy atom. The van der Waals surface area contributed by atoms with Crippen molar-refractivity contribution in [2.75, 3.05) is 21.3 Å². The smallest absolute Gasteiger partial charge is 0.203 e. The van der Waals surface area contributed by atoms with Crippen molar-refractivity contribution < 1.29 is 19.3 Å². The summed E-state index contributed by atoms with van der Waals surface area (Å²) in [5.41, 5.74) is 3.87. The van der Waals surface area contributed by atoms with Crippen LogP contribution >= 0.6 is 0 Å². The minimum Gasteiger partial charge on any atom is -0.508 e. The van der Waals surface area contributed by atoms with Crippen molar-refractivity contribution >= 4 is 0 Å². The largest absolute Gasteiger partial charge is 0.508 e. The molecule has 25 heavy (non-hydrogen) atoms. The summed E-state index contributed by atoms with van der Waals surface area (Å²) in [6.07, 6.45) is 0. The quantitative estimate of drug-likeness (QED) is 0.757. The number of hydrogen-bond donors (Lipinski definition) is 1. The van der Waals surface area contributed by atoms with Gasteiger partial charge in [-0.1, -0.05) is 0 Å².